The van der Waals surface area contributed by atoms with E-state index in [4.69, 9.17) is 11.5 Å². The van der Waals surface area contributed by atoms with Crippen LogP contribution in [0.15, 0.2) is 0 Å². The first-order valence-corrected chi connectivity index (χ1v) is 10.6. The van der Waals surface area contributed by atoms with Gasteiger partial charge in [0.15, 0.2) is 0 Å². The van der Waals surface area contributed by atoms with E-state index < -0.39 is 54.5 Å². The lowest BCUT2D eigenvalue weighted by atomic mass is 9.99. The van der Waals surface area contributed by atoms with Gasteiger partial charge in [0.05, 0.1) is 12.6 Å². The minimum absolute atomic E-state index is 0.0802. The van der Waals surface area contributed by atoms with Gasteiger partial charge in [-0.1, -0.05) is 20.3 Å². The highest BCUT2D eigenvalue weighted by Gasteiger charge is 2.31. The Morgan fingerprint density at radius 1 is 1.00 bits per heavy atom. The van der Waals surface area contributed by atoms with Crippen LogP contribution in [0.25, 0.3) is 0 Å². The van der Waals surface area contributed by atoms with Gasteiger partial charge in [0.2, 0.25) is 17.7 Å². The van der Waals surface area contributed by atoms with Crippen LogP contribution in [0.2, 0.25) is 0 Å². The summed E-state index contributed by atoms with van der Waals surface area (Å²) in [5.41, 5.74) is 11.1. The van der Waals surface area contributed by atoms with Crippen molar-refractivity contribution in [1.29, 1.82) is 0 Å². The Morgan fingerprint density at radius 3 is 2.03 bits per heavy atom. The molecule has 0 aliphatic heterocycles. The van der Waals surface area contributed by atoms with Gasteiger partial charge in [-0.2, -0.15) is 12.6 Å². The van der Waals surface area contributed by atoms with Crippen LogP contribution in [-0.2, 0) is 19.2 Å². The predicted octanol–water partition coefficient (Wildman–Crippen LogP) is -2.05. The Hall–Kier alpha value is -1.89. The molecular weight excluding hydrogens is 414 g/mol. The fourth-order valence-electron chi connectivity index (χ4n) is 2.53. The van der Waals surface area contributed by atoms with Gasteiger partial charge < -0.3 is 37.6 Å². The number of carboxylic acid groups (broad SMARTS) is 1. The number of unbranched alkanes of at least 4 members (excludes halogenated alkanes) is 1. The summed E-state index contributed by atoms with van der Waals surface area (Å²) in [6.07, 6.45) is 1.92. The summed E-state index contributed by atoms with van der Waals surface area (Å²) in [5, 5.41) is 26.0. The van der Waals surface area contributed by atoms with E-state index in [2.05, 4.69) is 28.6 Å². The molecule has 9 N–H and O–H groups in total. The third-order valence-electron chi connectivity index (χ3n) is 4.71. The summed E-state index contributed by atoms with van der Waals surface area (Å²) in [7, 11) is 0. The lowest BCUT2D eigenvalue weighted by molar-refractivity contribution is -0.144. The third-order valence-corrected chi connectivity index (χ3v) is 5.10. The highest BCUT2D eigenvalue weighted by molar-refractivity contribution is 7.80. The number of carboxylic acids is 1. The molecule has 0 radical (unpaired) electrons. The summed E-state index contributed by atoms with van der Waals surface area (Å²) in [4.78, 5) is 48.5. The van der Waals surface area contributed by atoms with Crippen LogP contribution in [0.5, 0.6) is 0 Å². The number of thiol groups is 1. The second kappa shape index (κ2) is 15.0. The first kappa shape index (κ1) is 28.1. The largest absolute Gasteiger partial charge is 0.480 e. The topological polar surface area (TPSA) is 197 Å². The van der Waals surface area contributed by atoms with Gasteiger partial charge in [-0.05, 0) is 31.7 Å². The maximum Gasteiger partial charge on any atom is 0.326 e. The molecule has 0 heterocycles. The third kappa shape index (κ3) is 9.74. The number of aliphatic hydroxyl groups is 1. The van der Waals surface area contributed by atoms with Crippen LogP contribution in [0, 0.1) is 5.92 Å². The standard InChI is InChI=1S/C18H35N5O6S/c1-3-10(2)14(18(28)29)23-17(27)13(8-24)22-16(26)12(6-4-5-7-19)21-15(25)11(20)9-30/h10-14,24,30H,3-9,19-20H2,1-2H3,(H,21,25)(H,22,26)(H,23,27)(H,28,29). The Morgan fingerprint density at radius 2 is 1.57 bits per heavy atom. The fraction of sp³-hybridized carbons (Fsp3) is 0.778. The summed E-state index contributed by atoms with van der Waals surface area (Å²) < 4.78 is 0. The number of aliphatic carboxylic acids is 1. The first-order chi connectivity index (χ1) is 14.1. The molecule has 0 aliphatic rings. The van der Waals surface area contributed by atoms with Gasteiger partial charge in [-0.25, -0.2) is 4.79 Å². The molecule has 0 rings (SSSR count). The summed E-state index contributed by atoms with van der Waals surface area (Å²) in [5.74, 6) is -3.60. The minimum atomic E-state index is -1.38. The number of hydrogen-bond acceptors (Lipinski definition) is 8. The van der Waals surface area contributed by atoms with E-state index in [0.717, 1.165) is 0 Å². The zero-order valence-electron chi connectivity index (χ0n) is 17.5. The van der Waals surface area contributed by atoms with Gasteiger partial charge in [0.1, 0.15) is 18.1 Å². The van der Waals surface area contributed by atoms with Gasteiger partial charge >= 0.3 is 5.97 Å². The van der Waals surface area contributed by atoms with Gasteiger partial charge in [0.25, 0.3) is 0 Å². The van der Waals surface area contributed by atoms with Crippen LogP contribution in [0.1, 0.15) is 39.5 Å². The Bertz CT molecular complexity index is 579. The predicted molar refractivity (Wildman–Crippen MR) is 115 cm³/mol. The number of aliphatic hydroxyl groups excluding tert-OH is 1. The number of nitrogens with two attached hydrogens (primary N) is 2. The van der Waals surface area contributed by atoms with E-state index >= 15 is 0 Å². The first-order valence-electron chi connectivity index (χ1n) is 9.94. The maximum atomic E-state index is 12.6. The molecule has 0 saturated heterocycles. The van der Waals surface area contributed by atoms with Crippen LogP contribution in [-0.4, -0.2) is 77.0 Å². The van der Waals surface area contributed by atoms with Crippen molar-refractivity contribution >= 4 is 36.3 Å². The Balaban J connectivity index is 5.21. The molecule has 0 aromatic heterocycles. The molecule has 0 aliphatic carbocycles. The summed E-state index contributed by atoms with van der Waals surface area (Å²) in [6.45, 7) is 3.11. The van der Waals surface area contributed by atoms with Crippen molar-refractivity contribution in [3.8, 4) is 0 Å². The molecule has 0 aromatic rings. The van der Waals surface area contributed by atoms with E-state index in [0.29, 0.717) is 25.8 Å². The molecule has 0 bridgehead atoms. The molecule has 0 fully saturated rings. The molecule has 0 aromatic carbocycles. The Kier molecular flexibility index (Phi) is 14.0. The molecule has 11 nitrogen and oxygen atoms in total. The summed E-state index contributed by atoms with van der Waals surface area (Å²) in [6, 6.07) is -4.46. The van der Waals surface area contributed by atoms with Crippen molar-refractivity contribution in [1.82, 2.24) is 16.0 Å². The number of carbonyl (C=O) groups is 4. The normalized spacial score (nSPS) is 15.9. The lowest BCUT2D eigenvalue weighted by Crippen LogP contribution is -2.58. The van der Waals surface area contributed by atoms with Crippen molar-refractivity contribution < 1.29 is 29.4 Å². The monoisotopic (exact) mass is 449 g/mol. The summed E-state index contributed by atoms with van der Waals surface area (Å²) >= 11 is 3.95. The molecule has 3 amide bonds. The number of amides is 3. The molecule has 12 heteroatoms. The molecular formula is C18H35N5O6S. The minimum Gasteiger partial charge on any atom is -0.480 e. The van der Waals surface area contributed by atoms with E-state index in [9.17, 15) is 29.4 Å². The van der Waals surface area contributed by atoms with Crippen molar-refractivity contribution in [2.75, 3.05) is 18.9 Å². The number of nitrogens with one attached hydrogen (secondary N) is 3. The highest BCUT2D eigenvalue weighted by Crippen LogP contribution is 2.08. The van der Waals surface area contributed by atoms with Crippen LogP contribution in [0.3, 0.4) is 0 Å². The van der Waals surface area contributed by atoms with Crippen molar-refractivity contribution in [3.63, 3.8) is 0 Å². The number of hydrogen-bond donors (Lipinski definition) is 8. The number of rotatable bonds is 15. The van der Waals surface area contributed by atoms with Crippen molar-refractivity contribution in [3.05, 3.63) is 0 Å². The zero-order chi connectivity index (χ0) is 23.3. The van der Waals surface area contributed by atoms with Crippen LogP contribution < -0.4 is 27.4 Å². The van der Waals surface area contributed by atoms with Crippen LogP contribution >= 0.6 is 12.6 Å². The average Bonchev–Trinajstić information content (AvgIpc) is 2.73. The van der Waals surface area contributed by atoms with Crippen molar-refractivity contribution in [2.45, 2.75) is 63.7 Å². The van der Waals surface area contributed by atoms with Gasteiger partial charge in [0, 0.05) is 5.75 Å². The Labute approximate surface area is 182 Å². The highest BCUT2D eigenvalue weighted by atomic mass is 32.1. The van der Waals surface area contributed by atoms with E-state index in [1.807, 2.05) is 0 Å². The fourth-order valence-corrected chi connectivity index (χ4v) is 2.69. The molecule has 0 saturated carbocycles. The van der Waals surface area contributed by atoms with Crippen molar-refractivity contribution in [2.24, 2.45) is 17.4 Å². The van der Waals surface area contributed by atoms with Gasteiger partial charge in [-0.3, -0.25) is 14.4 Å². The molecule has 5 atom stereocenters. The second-order valence-electron chi connectivity index (χ2n) is 7.09. The van der Waals surface area contributed by atoms with E-state index in [1.165, 1.54) is 0 Å². The van der Waals surface area contributed by atoms with Gasteiger partial charge in [-0.15, -0.1) is 0 Å². The van der Waals surface area contributed by atoms with E-state index in [1.54, 1.807) is 13.8 Å². The quantitative estimate of drug-likeness (QED) is 0.103. The second-order valence-corrected chi connectivity index (χ2v) is 7.45. The number of carbonyl (C=O) groups excluding carboxylic acids is 3. The molecule has 174 valence electrons. The zero-order valence-corrected chi connectivity index (χ0v) is 18.4. The lowest BCUT2D eigenvalue weighted by Gasteiger charge is -2.25. The van der Waals surface area contributed by atoms with Crippen LogP contribution in [0.4, 0.5) is 0 Å². The van der Waals surface area contributed by atoms with E-state index in [-0.39, 0.29) is 18.1 Å². The molecule has 0 spiro atoms. The average molecular weight is 450 g/mol. The maximum absolute atomic E-state index is 12.6. The SMILES string of the molecule is CCC(C)C(NC(=O)C(CO)NC(=O)C(CCCCN)NC(=O)C(N)CS)C(=O)O. The smallest absolute Gasteiger partial charge is 0.326 e. The molecule has 5 unspecified atom stereocenters. The molecule has 30 heavy (non-hydrogen) atoms.